The number of Topliss-reactive ketones (excluding diaryl/α,β-unsaturated/α-hetero) is 1. The number of amides is 2. The fourth-order valence-corrected chi connectivity index (χ4v) is 4.53. The minimum absolute atomic E-state index is 0.0355. The largest absolute Gasteiger partial charge is 0.426 e. The number of esters is 1. The smallest absolute Gasteiger partial charge is 0.315 e. The Morgan fingerprint density at radius 2 is 1.97 bits per heavy atom. The van der Waals surface area contributed by atoms with E-state index in [1.807, 2.05) is 13.1 Å². The number of carbonyl (C=O) groups is 4. The molecule has 1 atom stereocenters. The van der Waals surface area contributed by atoms with Gasteiger partial charge in [0.25, 0.3) is 11.8 Å². The van der Waals surface area contributed by atoms with Gasteiger partial charge in [-0.25, -0.2) is 9.50 Å². The summed E-state index contributed by atoms with van der Waals surface area (Å²) in [5, 5.41) is 9.66. The molecule has 186 valence electrons. The standard InChI is InChI=1S/C25H26N6O5/c1-14(20(32)8-16-12-30(2)13-16)28-25(35)19-10-18(29-22-5-6-27-31(19)22)24(34)26-11-15-3-4-21-17(7-15)9-23(33)36-21/h3-7,10,14,16H,8-9,11-13H2,1-2H3,(H,26,34)(H,28,35)/t14-/m0/s1. The third-order valence-electron chi connectivity index (χ3n) is 6.42. The molecule has 1 fully saturated rings. The molecule has 0 aliphatic carbocycles. The Balaban J connectivity index is 1.27. The summed E-state index contributed by atoms with van der Waals surface area (Å²) in [5.41, 5.74) is 2.06. The van der Waals surface area contributed by atoms with Crippen LogP contribution in [0.5, 0.6) is 5.75 Å². The van der Waals surface area contributed by atoms with Crippen LogP contribution in [0.4, 0.5) is 0 Å². The summed E-state index contributed by atoms with van der Waals surface area (Å²) in [6.07, 6.45) is 2.10. The van der Waals surface area contributed by atoms with Gasteiger partial charge in [-0.05, 0) is 37.6 Å². The molecule has 2 aromatic heterocycles. The van der Waals surface area contributed by atoms with E-state index in [0.717, 1.165) is 24.2 Å². The molecule has 2 aliphatic heterocycles. The van der Waals surface area contributed by atoms with Gasteiger partial charge in [-0.1, -0.05) is 6.07 Å². The first-order valence-corrected chi connectivity index (χ1v) is 11.7. The van der Waals surface area contributed by atoms with Crippen molar-refractivity contribution in [2.45, 2.75) is 32.4 Å². The summed E-state index contributed by atoms with van der Waals surface area (Å²) in [5.74, 6) is -0.483. The van der Waals surface area contributed by atoms with E-state index in [0.29, 0.717) is 23.7 Å². The molecular weight excluding hydrogens is 464 g/mol. The molecule has 36 heavy (non-hydrogen) atoms. The van der Waals surface area contributed by atoms with Gasteiger partial charge in [0.05, 0.1) is 18.7 Å². The average Bonchev–Trinajstić information content (AvgIpc) is 3.45. The van der Waals surface area contributed by atoms with Gasteiger partial charge >= 0.3 is 5.97 Å². The second kappa shape index (κ2) is 9.50. The fraction of sp³-hybridized carbons (Fsp3) is 0.360. The number of ketones is 1. The monoisotopic (exact) mass is 490 g/mol. The van der Waals surface area contributed by atoms with Crippen LogP contribution in [0, 0.1) is 5.92 Å². The van der Waals surface area contributed by atoms with E-state index in [2.05, 4.69) is 25.6 Å². The Bertz CT molecular complexity index is 1380. The van der Waals surface area contributed by atoms with E-state index in [1.165, 1.54) is 16.8 Å². The van der Waals surface area contributed by atoms with Crippen molar-refractivity contribution in [3.63, 3.8) is 0 Å². The van der Waals surface area contributed by atoms with Crippen LogP contribution in [-0.4, -0.2) is 69.2 Å². The molecule has 4 heterocycles. The van der Waals surface area contributed by atoms with Crippen molar-refractivity contribution >= 4 is 29.2 Å². The highest BCUT2D eigenvalue weighted by atomic mass is 16.5. The molecule has 0 bridgehead atoms. The number of nitrogens with one attached hydrogen (secondary N) is 2. The molecule has 2 aliphatic rings. The molecule has 2 N–H and O–H groups in total. The van der Waals surface area contributed by atoms with Crippen LogP contribution >= 0.6 is 0 Å². The molecule has 0 spiro atoms. The van der Waals surface area contributed by atoms with Crippen molar-refractivity contribution in [3.8, 4) is 5.75 Å². The highest BCUT2D eigenvalue weighted by Crippen LogP contribution is 2.26. The van der Waals surface area contributed by atoms with Gasteiger partial charge in [0, 0.05) is 43.8 Å². The highest BCUT2D eigenvalue weighted by Gasteiger charge is 2.28. The van der Waals surface area contributed by atoms with Crippen molar-refractivity contribution in [2.24, 2.45) is 5.92 Å². The lowest BCUT2D eigenvalue weighted by Crippen LogP contribution is -2.47. The molecule has 5 rings (SSSR count). The number of ether oxygens (including phenoxy) is 1. The predicted molar refractivity (Wildman–Crippen MR) is 127 cm³/mol. The minimum Gasteiger partial charge on any atom is -0.426 e. The van der Waals surface area contributed by atoms with E-state index in [4.69, 9.17) is 4.74 Å². The van der Waals surface area contributed by atoms with Gasteiger partial charge in [0.15, 0.2) is 11.4 Å². The molecule has 1 aromatic carbocycles. The number of rotatable bonds is 8. The Kier molecular flexibility index (Phi) is 6.23. The third-order valence-corrected chi connectivity index (χ3v) is 6.42. The molecule has 2 amide bonds. The second-order valence-electron chi connectivity index (χ2n) is 9.36. The zero-order valence-corrected chi connectivity index (χ0v) is 20.0. The first-order valence-electron chi connectivity index (χ1n) is 11.7. The Morgan fingerprint density at radius 3 is 2.75 bits per heavy atom. The topological polar surface area (TPSA) is 135 Å². The Labute approximate surface area is 206 Å². The summed E-state index contributed by atoms with van der Waals surface area (Å²) in [6, 6.07) is 7.56. The van der Waals surface area contributed by atoms with E-state index in [-0.39, 0.29) is 36.1 Å². The number of benzene rings is 1. The lowest BCUT2D eigenvalue weighted by Gasteiger charge is -2.36. The number of fused-ring (bicyclic) bond motifs is 2. The van der Waals surface area contributed by atoms with Crippen molar-refractivity contribution in [3.05, 3.63) is 59.0 Å². The molecule has 0 saturated carbocycles. The van der Waals surface area contributed by atoms with Gasteiger partial charge in [-0.3, -0.25) is 19.2 Å². The summed E-state index contributed by atoms with van der Waals surface area (Å²) in [7, 11) is 2.00. The molecule has 11 nitrogen and oxygen atoms in total. The number of carbonyl (C=O) groups excluding carboxylic acids is 4. The van der Waals surface area contributed by atoms with Gasteiger partial charge in [-0.15, -0.1) is 0 Å². The molecule has 1 saturated heterocycles. The molecule has 0 unspecified atom stereocenters. The van der Waals surface area contributed by atoms with Gasteiger partial charge in [0.2, 0.25) is 0 Å². The fourth-order valence-electron chi connectivity index (χ4n) is 4.53. The van der Waals surface area contributed by atoms with E-state index >= 15 is 0 Å². The Morgan fingerprint density at radius 1 is 1.17 bits per heavy atom. The quantitative estimate of drug-likeness (QED) is 0.349. The average molecular weight is 491 g/mol. The molecule has 0 radical (unpaired) electrons. The van der Waals surface area contributed by atoms with Gasteiger partial charge < -0.3 is 20.3 Å². The van der Waals surface area contributed by atoms with Gasteiger partial charge in [0.1, 0.15) is 17.1 Å². The maximum absolute atomic E-state index is 13.1. The maximum Gasteiger partial charge on any atom is 0.315 e. The van der Waals surface area contributed by atoms with Crippen LogP contribution in [0.2, 0.25) is 0 Å². The molecular formula is C25H26N6O5. The van der Waals surface area contributed by atoms with Crippen molar-refractivity contribution < 1.29 is 23.9 Å². The summed E-state index contributed by atoms with van der Waals surface area (Å²) < 4.78 is 6.43. The minimum atomic E-state index is -0.671. The predicted octanol–water partition coefficient (Wildman–Crippen LogP) is 0.760. The lowest BCUT2D eigenvalue weighted by atomic mass is 9.93. The summed E-state index contributed by atoms with van der Waals surface area (Å²) in [4.78, 5) is 56.4. The van der Waals surface area contributed by atoms with Gasteiger partial charge in [-0.2, -0.15) is 5.10 Å². The third kappa shape index (κ3) is 4.82. The van der Waals surface area contributed by atoms with Crippen LogP contribution in [0.15, 0.2) is 36.5 Å². The SMILES string of the molecule is C[C@H](NC(=O)c1cc(C(=O)NCc2ccc3c(c2)CC(=O)O3)nc2ccnn12)C(=O)CC1CN(C)C1. The van der Waals surface area contributed by atoms with Crippen molar-refractivity contribution in [1.82, 2.24) is 30.1 Å². The van der Waals surface area contributed by atoms with Crippen LogP contribution in [0.1, 0.15) is 45.4 Å². The van der Waals surface area contributed by atoms with Crippen LogP contribution in [0.25, 0.3) is 5.65 Å². The number of nitrogens with zero attached hydrogens (tertiary/aromatic N) is 4. The number of hydrogen-bond donors (Lipinski definition) is 2. The zero-order valence-electron chi connectivity index (χ0n) is 20.0. The van der Waals surface area contributed by atoms with E-state index in [9.17, 15) is 19.2 Å². The summed E-state index contributed by atoms with van der Waals surface area (Å²) >= 11 is 0. The van der Waals surface area contributed by atoms with Crippen molar-refractivity contribution in [2.75, 3.05) is 20.1 Å². The summed E-state index contributed by atoms with van der Waals surface area (Å²) in [6.45, 7) is 3.61. The van der Waals surface area contributed by atoms with Crippen LogP contribution in [0.3, 0.4) is 0 Å². The highest BCUT2D eigenvalue weighted by molar-refractivity contribution is 6.00. The second-order valence-corrected chi connectivity index (χ2v) is 9.36. The van der Waals surface area contributed by atoms with Crippen LogP contribution < -0.4 is 15.4 Å². The van der Waals surface area contributed by atoms with E-state index < -0.39 is 17.9 Å². The first-order chi connectivity index (χ1) is 17.3. The number of aromatic nitrogens is 3. The van der Waals surface area contributed by atoms with Crippen LogP contribution in [-0.2, 0) is 22.6 Å². The Hall–Kier alpha value is -4.12. The first kappa shape index (κ1) is 23.6. The maximum atomic E-state index is 13.1. The van der Waals surface area contributed by atoms with Crippen molar-refractivity contribution in [1.29, 1.82) is 0 Å². The van der Waals surface area contributed by atoms with E-state index in [1.54, 1.807) is 25.1 Å². The number of likely N-dealkylation sites (tertiary alicyclic amines) is 1. The lowest BCUT2D eigenvalue weighted by molar-refractivity contribution is -0.131. The zero-order chi connectivity index (χ0) is 25.4. The normalized spacial score (nSPS) is 16.2. The molecule has 3 aromatic rings. The number of hydrogen-bond acceptors (Lipinski definition) is 8. The molecule has 11 heteroatoms.